The Labute approximate surface area is 128 Å². The Bertz CT molecular complexity index is 792. The number of phenols is 1. The van der Waals surface area contributed by atoms with Gasteiger partial charge in [-0.1, -0.05) is 30.3 Å². The van der Waals surface area contributed by atoms with Crippen LogP contribution in [0, 0.1) is 0 Å². The molecular formula is C18H18N2O2. The van der Waals surface area contributed by atoms with Crippen molar-refractivity contribution in [3.8, 4) is 5.75 Å². The number of hydrogen-bond acceptors (Lipinski definition) is 2. The Morgan fingerprint density at radius 1 is 1.14 bits per heavy atom. The van der Waals surface area contributed by atoms with Crippen molar-refractivity contribution >= 4 is 16.8 Å². The Balaban J connectivity index is 1.54. The number of amides is 1. The van der Waals surface area contributed by atoms with Crippen molar-refractivity contribution in [1.82, 2.24) is 10.3 Å². The highest BCUT2D eigenvalue weighted by atomic mass is 16.3. The van der Waals surface area contributed by atoms with Gasteiger partial charge in [0.1, 0.15) is 5.75 Å². The molecule has 112 valence electrons. The van der Waals surface area contributed by atoms with Crippen molar-refractivity contribution in [2.45, 2.75) is 19.4 Å². The molecule has 0 atom stereocenters. The van der Waals surface area contributed by atoms with Gasteiger partial charge in [-0.15, -0.1) is 0 Å². The number of aromatic amines is 1. The Morgan fingerprint density at radius 2 is 2.00 bits per heavy atom. The number of nitrogens with one attached hydrogen (secondary N) is 2. The summed E-state index contributed by atoms with van der Waals surface area (Å²) in [5.74, 6) is 0.221. The molecule has 2 aromatic carbocycles. The van der Waals surface area contributed by atoms with E-state index in [4.69, 9.17) is 0 Å². The van der Waals surface area contributed by atoms with E-state index in [1.807, 2.05) is 30.5 Å². The van der Waals surface area contributed by atoms with Crippen molar-refractivity contribution in [2.24, 2.45) is 0 Å². The number of para-hydroxylation sites is 1. The summed E-state index contributed by atoms with van der Waals surface area (Å²) in [6.45, 7) is 0.432. The van der Waals surface area contributed by atoms with E-state index >= 15 is 0 Å². The van der Waals surface area contributed by atoms with E-state index in [0.29, 0.717) is 19.4 Å². The van der Waals surface area contributed by atoms with Crippen LogP contribution >= 0.6 is 0 Å². The molecule has 1 amide bonds. The van der Waals surface area contributed by atoms with Crippen LogP contribution < -0.4 is 5.32 Å². The van der Waals surface area contributed by atoms with Gasteiger partial charge in [-0.3, -0.25) is 4.79 Å². The average molecular weight is 294 g/mol. The molecule has 0 bridgehead atoms. The van der Waals surface area contributed by atoms with Crippen LogP contribution in [0.25, 0.3) is 10.9 Å². The number of carbonyl (C=O) groups excluding carboxylic acids is 1. The summed E-state index contributed by atoms with van der Waals surface area (Å²) in [7, 11) is 0. The van der Waals surface area contributed by atoms with Crippen LogP contribution in [0.3, 0.4) is 0 Å². The molecular weight excluding hydrogens is 276 g/mol. The molecule has 1 aromatic heterocycles. The second-order valence-electron chi connectivity index (χ2n) is 5.31. The highest BCUT2D eigenvalue weighted by molar-refractivity contribution is 5.84. The summed E-state index contributed by atoms with van der Waals surface area (Å²) in [4.78, 5) is 15.2. The van der Waals surface area contributed by atoms with E-state index in [2.05, 4.69) is 16.4 Å². The van der Waals surface area contributed by atoms with Crippen molar-refractivity contribution in [3.63, 3.8) is 0 Å². The fourth-order valence-corrected chi connectivity index (χ4v) is 2.54. The zero-order chi connectivity index (χ0) is 15.4. The van der Waals surface area contributed by atoms with Gasteiger partial charge in [0.15, 0.2) is 0 Å². The number of phenolic OH excluding ortho intramolecular Hbond substituents is 1. The first-order valence-electron chi connectivity index (χ1n) is 7.32. The van der Waals surface area contributed by atoms with E-state index in [1.54, 1.807) is 18.2 Å². The van der Waals surface area contributed by atoms with E-state index in [0.717, 1.165) is 16.6 Å². The normalized spacial score (nSPS) is 10.7. The molecule has 0 aliphatic rings. The zero-order valence-electron chi connectivity index (χ0n) is 12.2. The number of fused-ring (bicyclic) bond motifs is 1. The van der Waals surface area contributed by atoms with Crippen LogP contribution in [0.5, 0.6) is 5.75 Å². The largest absolute Gasteiger partial charge is 0.508 e. The van der Waals surface area contributed by atoms with Crippen LogP contribution in [0.2, 0.25) is 0 Å². The van der Waals surface area contributed by atoms with Crippen molar-refractivity contribution in [1.29, 1.82) is 0 Å². The summed E-state index contributed by atoms with van der Waals surface area (Å²) >= 11 is 0. The molecule has 0 spiro atoms. The van der Waals surface area contributed by atoms with Crippen LogP contribution in [0.4, 0.5) is 0 Å². The van der Waals surface area contributed by atoms with Crippen molar-refractivity contribution in [2.75, 3.05) is 0 Å². The SMILES string of the molecule is O=C(CCc1c[nH]c2ccccc12)NCc1cccc(O)c1. The number of rotatable bonds is 5. The fraction of sp³-hybridized carbons (Fsp3) is 0.167. The minimum absolute atomic E-state index is 0.00799. The van der Waals surface area contributed by atoms with E-state index in [1.165, 1.54) is 5.39 Å². The highest BCUT2D eigenvalue weighted by Gasteiger charge is 2.06. The number of H-pyrrole nitrogens is 1. The highest BCUT2D eigenvalue weighted by Crippen LogP contribution is 2.19. The monoisotopic (exact) mass is 294 g/mol. The van der Waals surface area contributed by atoms with Gasteiger partial charge in [0, 0.05) is 30.1 Å². The fourth-order valence-electron chi connectivity index (χ4n) is 2.54. The lowest BCUT2D eigenvalue weighted by atomic mass is 10.1. The van der Waals surface area contributed by atoms with Gasteiger partial charge < -0.3 is 15.4 Å². The number of hydrogen-bond donors (Lipinski definition) is 3. The maximum Gasteiger partial charge on any atom is 0.220 e. The first-order chi connectivity index (χ1) is 10.7. The minimum atomic E-state index is 0.00799. The Morgan fingerprint density at radius 3 is 2.86 bits per heavy atom. The van der Waals surface area contributed by atoms with E-state index < -0.39 is 0 Å². The lowest BCUT2D eigenvalue weighted by molar-refractivity contribution is -0.121. The smallest absolute Gasteiger partial charge is 0.220 e. The third kappa shape index (κ3) is 3.28. The summed E-state index contributed by atoms with van der Waals surface area (Å²) < 4.78 is 0. The molecule has 0 unspecified atom stereocenters. The second-order valence-corrected chi connectivity index (χ2v) is 5.31. The van der Waals surface area contributed by atoms with Gasteiger partial charge in [0.2, 0.25) is 5.91 Å². The van der Waals surface area contributed by atoms with E-state index in [-0.39, 0.29) is 11.7 Å². The Hall–Kier alpha value is -2.75. The molecule has 0 fully saturated rings. The molecule has 0 radical (unpaired) electrons. The second kappa shape index (κ2) is 6.35. The number of aromatic hydroxyl groups is 1. The maximum absolute atomic E-state index is 11.9. The molecule has 3 aromatic rings. The van der Waals surface area contributed by atoms with Gasteiger partial charge >= 0.3 is 0 Å². The molecule has 0 saturated carbocycles. The molecule has 22 heavy (non-hydrogen) atoms. The van der Waals surface area contributed by atoms with E-state index in [9.17, 15) is 9.90 Å². The van der Waals surface area contributed by atoms with Crippen LogP contribution in [0.1, 0.15) is 17.5 Å². The predicted octanol–water partition coefficient (Wildman–Crippen LogP) is 3.12. The first kappa shape index (κ1) is 14.2. The molecule has 1 heterocycles. The quantitative estimate of drug-likeness (QED) is 0.677. The van der Waals surface area contributed by atoms with Crippen molar-refractivity contribution in [3.05, 3.63) is 65.9 Å². The van der Waals surface area contributed by atoms with Crippen LogP contribution in [-0.4, -0.2) is 16.0 Å². The molecule has 0 saturated heterocycles. The van der Waals surface area contributed by atoms with Gasteiger partial charge in [0.25, 0.3) is 0 Å². The summed E-state index contributed by atoms with van der Waals surface area (Å²) in [6, 6.07) is 15.0. The zero-order valence-corrected chi connectivity index (χ0v) is 12.2. The number of aryl methyl sites for hydroxylation is 1. The van der Waals surface area contributed by atoms with Gasteiger partial charge in [0.05, 0.1) is 0 Å². The summed E-state index contributed by atoms with van der Waals surface area (Å²) in [5.41, 5.74) is 3.14. The molecule has 3 N–H and O–H groups in total. The number of carbonyl (C=O) groups is 1. The van der Waals surface area contributed by atoms with Gasteiger partial charge in [-0.25, -0.2) is 0 Å². The lowest BCUT2D eigenvalue weighted by Crippen LogP contribution is -2.22. The number of benzene rings is 2. The molecule has 0 aliphatic carbocycles. The first-order valence-corrected chi connectivity index (χ1v) is 7.32. The maximum atomic E-state index is 11.9. The predicted molar refractivity (Wildman–Crippen MR) is 86.6 cm³/mol. The molecule has 4 heteroatoms. The number of aromatic nitrogens is 1. The van der Waals surface area contributed by atoms with Crippen molar-refractivity contribution < 1.29 is 9.90 Å². The van der Waals surface area contributed by atoms with Crippen LogP contribution in [0.15, 0.2) is 54.7 Å². The third-order valence-corrected chi connectivity index (χ3v) is 3.70. The molecule has 4 nitrogen and oxygen atoms in total. The third-order valence-electron chi connectivity index (χ3n) is 3.70. The average Bonchev–Trinajstić information content (AvgIpc) is 2.94. The minimum Gasteiger partial charge on any atom is -0.508 e. The standard InChI is InChI=1S/C18H18N2O2/c21-15-5-3-4-13(10-15)11-20-18(22)9-8-14-12-19-17-7-2-1-6-16(14)17/h1-7,10,12,19,21H,8-9,11H2,(H,20,22). The van der Waals surface area contributed by atoms with Gasteiger partial charge in [-0.05, 0) is 35.7 Å². The lowest BCUT2D eigenvalue weighted by Gasteiger charge is -2.05. The van der Waals surface area contributed by atoms with Crippen LogP contribution in [-0.2, 0) is 17.8 Å². The van der Waals surface area contributed by atoms with Gasteiger partial charge in [-0.2, -0.15) is 0 Å². The molecule has 3 rings (SSSR count). The molecule has 0 aliphatic heterocycles. The topological polar surface area (TPSA) is 65.1 Å². The summed E-state index contributed by atoms with van der Waals surface area (Å²) in [6.07, 6.45) is 3.11. The summed E-state index contributed by atoms with van der Waals surface area (Å²) in [5, 5.41) is 13.4. The Kier molecular flexibility index (Phi) is 4.10.